The molecule has 9 heteroatoms. The van der Waals surface area contributed by atoms with Gasteiger partial charge in [0, 0.05) is 30.7 Å². The van der Waals surface area contributed by atoms with E-state index in [1.807, 2.05) is 30.3 Å². The molecule has 6 nitrogen and oxygen atoms in total. The van der Waals surface area contributed by atoms with E-state index in [-0.39, 0.29) is 13.0 Å². The summed E-state index contributed by atoms with van der Waals surface area (Å²) in [5, 5.41) is 0. The van der Waals surface area contributed by atoms with Crippen molar-refractivity contribution in [3.8, 4) is 5.82 Å². The number of fused-ring (bicyclic) bond motifs is 3. The molecule has 1 unspecified atom stereocenters. The Balaban J connectivity index is 1.73. The van der Waals surface area contributed by atoms with E-state index in [0.717, 1.165) is 28.1 Å². The lowest BCUT2D eigenvalue weighted by Crippen LogP contribution is -2.36. The van der Waals surface area contributed by atoms with Gasteiger partial charge in [-0.05, 0) is 30.2 Å². The van der Waals surface area contributed by atoms with E-state index in [4.69, 9.17) is 0 Å². The Bertz CT molecular complexity index is 1370. The van der Waals surface area contributed by atoms with Crippen LogP contribution in [0.25, 0.3) is 5.82 Å². The lowest BCUT2D eigenvalue weighted by Gasteiger charge is -2.29. The van der Waals surface area contributed by atoms with Crippen LogP contribution in [-0.4, -0.2) is 27.3 Å². The molecular weight excluding hydrogens is 434 g/mol. The van der Waals surface area contributed by atoms with Gasteiger partial charge in [-0.1, -0.05) is 42.5 Å². The van der Waals surface area contributed by atoms with Crippen LogP contribution in [0.15, 0.2) is 84.1 Å². The molecule has 2 aromatic carbocycles. The smallest absolute Gasteiger partial charge is 0.249 e. The maximum absolute atomic E-state index is 14.6. The van der Waals surface area contributed by atoms with Crippen LogP contribution >= 0.6 is 0 Å². The van der Waals surface area contributed by atoms with Crippen molar-refractivity contribution in [3.05, 3.63) is 108 Å². The van der Waals surface area contributed by atoms with Gasteiger partial charge in [0.15, 0.2) is 4.90 Å². The summed E-state index contributed by atoms with van der Waals surface area (Å²) in [5.41, 5.74) is 1.46. The molecule has 1 aliphatic rings. The van der Waals surface area contributed by atoms with E-state index in [2.05, 4.69) is 9.97 Å². The summed E-state index contributed by atoms with van der Waals surface area (Å²) >= 11 is 0. The Morgan fingerprint density at radius 3 is 2.41 bits per heavy atom. The fraction of sp³-hybridized carbons (Fsp3) is 0.130. The highest BCUT2D eigenvalue weighted by Crippen LogP contribution is 2.37. The maximum atomic E-state index is 14.6. The number of rotatable bonds is 4. The molecule has 1 atom stereocenters. The number of benzene rings is 2. The molecule has 0 bridgehead atoms. The molecule has 5 rings (SSSR count). The molecule has 162 valence electrons. The van der Waals surface area contributed by atoms with E-state index < -0.39 is 32.6 Å². The average Bonchev–Trinajstić information content (AvgIpc) is 3.22. The maximum Gasteiger partial charge on any atom is 0.249 e. The molecule has 0 N–H and O–H groups in total. The zero-order chi connectivity index (χ0) is 22.3. The van der Waals surface area contributed by atoms with E-state index in [0.29, 0.717) is 17.2 Å². The van der Waals surface area contributed by atoms with E-state index >= 15 is 0 Å². The normalized spacial score (nSPS) is 16.2. The first-order valence-electron chi connectivity index (χ1n) is 9.94. The minimum absolute atomic E-state index is 0.111. The van der Waals surface area contributed by atoms with Crippen molar-refractivity contribution in [2.75, 3.05) is 0 Å². The summed E-state index contributed by atoms with van der Waals surface area (Å²) in [5.74, 6) is -1.32. The Hall–Kier alpha value is -3.43. The van der Waals surface area contributed by atoms with Gasteiger partial charge in [0.25, 0.3) is 0 Å². The summed E-state index contributed by atoms with van der Waals surface area (Å²) in [7, 11) is -4.58. The highest BCUT2D eigenvalue weighted by molar-refractivity contribution is 7.89. The van der Waals surface area contributed by atoms with Gasteiger partial charge in [0.05, 0.1) is 6.04 Å². The molecule has 0 amide bonds. The van der Waals surface area contributed by atoms with Crippen LogP contribution < -0.4 is 0 Å². The van der Waals surface area contributed by atoms with Crippen molar-refractivity contribution in [1.29, 1.82) is 0 Å². The highest BCUT2D eigenvalue weighted by Gasteiger charge is 2.40. The standard InChI is InChI=1S/C23H18F2N4O2S/c24-18-9-4-10-19(25)21(18)32(30,31)29-15-17-8-5-11-26-22(17)28-13-12-27-23(28)20(29)14-16-6-2-1-3-7-16/h1-13,20H,14-15H2. The third kappa shape index (κ3) is 3.39. The van der Waals surface area contributed by atoms with Gasteiger partial charge in [0.1, 0.15) is 23.3 Å². The summed E-state index contributed by atoms with van der Waals surface area (Å²) in [6.07, 6.45) is 5.14. The molecule has 0 fully saturated rings. The van der Waals surface area contributed by atoms with Gasteiger partial charge in [0.2, 0.25) is 10.0 Å². The van der Waals surface area contributed by atoms with Crippen LogP contribution in [0.4, 0.5) is 8.78 Å². The average molecular weight is 452 g/mol. The largest absolute Gasteiger partial charge is 0.286 e. The molecule has 0 saturated carbocycles. The Kier molecular flexibility index (Phi) is 5.07. The van der Waals surface area contributed by atoms with Gasteiger partial charge in [-0.25, -0.2) is 27.2 Å². The molecule has 0 spiro atoms. The number of hydrogen-bond donors (Lipinski definition) is 0. The van der Waals surface area contributed by atoms with Crippen LogP contribution in [0.1, 0.15) is 23.0 Å². The van der Waals surface area contributed by atoms with Crippen LogP contribution in [0, 0.1) is 11.6 Å². The predicted molar refractivity (Wildman–Crippen MR) is 113 cm³/mol. The Morgan fingerprint density at radius 1 is 0.906 bits per heavy atom. The van der Waals surface area contributed by atoms with Crippen LogP contribution in [0.5, 0.6) is 0 Å². The third-order valence-electron chi connectivity index (χ3n) is 5.49. The SMILES string of the molecule is O=S(=O)(c1c(F)cccc1F)N1Cc2cccnc2-n2ccnc2C1Cc1ccccc1. The quantitative estimate of drug-likeness (QED) is 0.469. The first-order valence-corrected chi connectivity index (χ1v) is 11.4. The number of hydrogen-bond acceptors (Lipinski definition) is 4. The second-order valence-electron chi connectivity index (χ2n) is 7.45. The monoisotopic (exact) mass is 452 g/mol. The molecule has 0 saturated heterocycles. The molecular formula is C23H18F2N4O2S. The number of aromatic nitrogens is 3. The summed E-state index contributed by atoms with van der Waals surface area (Å²) in [6, 6.07) is 15.0. The molecule has 32 heavy (non-hydrogen) atoms. The minimum atomic E-state index is -4.58. The molecule has 1 aliphatic heterocycles. The number of nitrogens with zero attached hydrogens (tertiary/aromatic N) is 4. The predicted octanol–water partition coefficient (Wildman–Crippen LogP) is 4.03. The fourth-order valence-corrected chi connectivity index (χ4v) is 5.72. The lowest BCUT2D eigenvalue weighted by molar-refractivity contribution is 0.305. The van der Waals surface area contributed by atoms with Crippen molar-refractivity contribution >= 4 is 10.0 Å². The third-order valence-corrected chi connectivity index (χ3v) is 7.40. The van der Waals surface area contributed by atoms with Crippen molar-refractivity contribution < 1.29 is 17.2 Å². The van der Waals surface area contributed by atoms with Crippen LogP contribution in [-0.2, 0) is 23.0 Å². The van der Waals surface area contributed by atoms with E-state index in [1.54, 1.807) is 35.3 Å². The minimum Gasteiger partial charge on any atom is -0.286 e. The van der Waals surface area contributed by atoms with E-state index in [9.17, 15) is 17.2 Å². The Morgan fingerprint density at radius 2 is 1.66 bits per heavy atom. The first-order chi connectivity index (χ1) is 15.5. The summed E-state index contributed by atoms with van der Waals surface area (Å²) < 4.78 is 59.5. The first kappa shape index (κ1) is 20.5. The number of sulfonamides is 1. The van der Waals surface area contributed by atoms with Crippen LogP contribution in [0.3, 0.4) is 0 Å². The summed E-state index contributed by atoms with van der Waals surface area (Å²) in [4.78, 5) is 7.87. The number of halogens is 2. The Labute approximate surface area is 183 Å². The fourth-order valence-electron chi connectivity index (χ4n) is 4.05. The van der Waals surface area contributed by atoms with Gasteiger partial charge in [-0.15, -0.1) is 0 Å². The molecule has 4 aromatic rings. The molecule has 0 radical (unpaired) electrons. The van der Waals surface area contributed by atoms with Crippen molar-refractivity contribution in [2.24, 2.45) is 0 Å². The summed E-state index contributed by atoms with van der Waals surface area (Å²) in [6.45, 7) is -0.111. The van der Waals surface area contributed by atoms with Gasteiger partial charge < -0.3 is 0 Å². The van der Waals surface area contributed by atoms with Gasteiger partial charge in [-0.3, -0.25) is 4.57 Å². The highest BCUT2D eigenvalue weighted by atomic mass is 32.2. The van der Waals surface area contributed by atoms with Crippen molar-refractivity contribution in [3.63, 3.8) is 0 Å². The van der Waals surface area contributed by atoms with Gasteiger partial charge >= 0.3 is 0 Å². The van der Waals surface area contributed by atoms with Crippen molar-refractivity contribution in [1.82, 2.24) is 18.8 Å². The molecule has 0 aliphatic carbocycles. The zero-order valence-electron chi connectivity index (χ0n) is 16.8. The molecule has 3 heterocycles. The second kappa shape index (κ2) is 7.92. The lowest BCUT2D eigenvalue weighted by atomic mass is 10.1. The number of pyridine rings is 1. The second-order valence-corrected chi connectivity index (χ2v) is 9.28. The topological polar surface area (TPSA) is 68.1 Å². The zero-order valence-corrected chi connectivity index (χ0v) is 17.6. The van der Waals surface area contributed by atoms with Gasteiger partial charge in [-0.2, -0.15) is 4.31 Å². The van der Waals surface area contributed by atoms with E-state index in [1.165, 1.54) is 0 Å². The number of imidazole rings is 1. The molecule has 2 aromatic heterocycles. The van der Waals surface area contributed by atoms with Crippen molar-refractivity contribution in [2.45, 2.75) is 23.9 Å². The van der Waals surface area contributed by atoms with Crippen LogP contribution in [0.2, 0.25) is 0 Å².